The average molecular weight is 320 g/mol. The van der Waals surface area contributed by atoms with Crippen molar-refractivity contribution in [2.75, 3.05) is 0 Å². The molecule has 1 rings (SSSR count). The highest BCUT2D eigenvalue weighted by atomic mass is 32.2. The van der Waals surface area contributed by atoms with Crippen LogP contribution in [0.3, 0.4) is 0 Å². The normalized spacial score (nSPS) is 13.0. The minimum atomic E-state index is -4.79. The number of hydrogen-bond donors (Lipinski definition) is 1. The highest BCUT2D eigenvalue weighted by Crippen LogP contribution is 2.34. The highest BCUT2D eigenvalue weighted by molar-refractivity contribution is 7.89. The van der Waals surface area contributed by atoms with Crippen LogP contribution in [-0.4, -0.2) is 14.0 Å². The average Bonchev–Trinajstić information content (AvgIpc) is 2.44. The van der Waals surface area contributed by atoms with Crippen molar-refractivity contribution in [3.8, 4) is 6.07 Å². The number of halogens is 3. The van der Waals surface area contributed by atoms with E-state index in [1.807, 2.05) is 6.07 Å². The minimum absolute atomic E-state index is 0.146. The van der Waals surface area contributed by atoms with Gasteiger partial charge in [-0.15, -0.1) is 0 Å². The van der Waals surface area contributed by atoms with Gasteiger partial charge in [0.15, 0.2) is 0 Å². The van der Waals surface area contributed by atoms with Crippen LogP contribution < -0.4 is 4.72 Å². The summed E-state index contributed by atoms with van der Waals surface area (Å²) in [6.45, 7) is 3.18. The van der Waals surface area contributed by atoms with Crippen LogP contribution in [0.4, 0.5) is 13.2 Å². The second-order valence-electron chi connectivity index (χ2n) is 4.50. The lowest BCUT2D eigenvalue weighted by molar-refractivity contribution is -0.139. The predicted octanol–water partition coefficient (Wildman–Crippen LogP) is 3.07. The Labute approximate surface area is 121 Å². The molecular weight excluding hydrogens is 305 g/mol. The van der Waals surface area contributed by atoms with Crippen LogP contribution in [0.1, 0.15) is 32.3 Å². The fraction of sp³-hybridized carbons (Fsp3) is 0.462. The first-order chi connectivity index (χ1) is 9.62. The number of alkyl halides is 3. The van der Waals surface area contributed by atoms with Gasteiger partial charge in [-0.2, -0.15) is 23.2 Å². The smallest absolute Gasteiger partial charge is 0.207 e. The molecule has 0 aliphatic heterocycles. The quantitative estimate of drug-likeness (QED) is 0.906. The molecule has 0 unspecified atom stereocenters. The molecule has 0 saturated heterocycles. The first kappa shape index (κ1) is 17.5. The van der Waals surface area contributed by atoms with E-state index in [-0.39, 0.29) is 12.8 Å². The van der Waals surface area contributed by atoms with Gasteiger partial charge in [-0.25, -0.2) is 8.42 Å². The molecule has 4 nitrogen and oxygen atoms in total. The fourth-order valence-electron chi connectivity index (χ4n) is 1.82. The monoisotopic (exact) mass is 320 g/mol. The maximum atomic E-state index is 12.9. The Kier molecular flexibility index (Phi) is 5.02. The van der Waals surface area contributed by atoms with E-state index < -0.39 is 32.2 Å². The molecule has 0 aliphatic carbocycles. The van der Waals surface area contributed by atoms with Crippen LogP contribution in [0.5, 0.6) is 0 Å². The van der Waals surface area contributed by atoms with Crippen LogP contribution in [-0.2, 0) is 16.2 Å². The van der Waals surface area contributed by atoms with Crippen LogP contribution in [0.15, 0.2) is 29.2 Å². The summed E-state index contributed by atoms with van der Waals surface area (Å²) in [7, 11) is -4.46. The Morgan fingerprint density at radius 3 is 2.14 bits per heavy atom. The second-order valence-corrected chi connectivity index (χ2v) is 6.15. The first-order valence-corrected chi connectivity index (χ1v) is 7.71. The number of nitriles is 1. The molecule has 0 heterocycles. The Balaban J connectivity index is 3.38. The van der Waals surface area contributed by atoms with Gasteiger partial charge in [-0.3, -0.25) is 0 Å². The van der Waals surface area contributed by atoms with Crippen LogP contribution in [0.2, 0.25) is 0 Å². The molecule has 0 radical (unpaired) electrons. The largest absolute Gasteiger partial charge is 0.417 e. The molecule has 0 spiro atoms. The summed E-state index contributed by atoms with van der Waals surface area (Å²) in [5, 5.41) is 9.12. The third-order valence-electron chi connectivity index (χ3n) is 3.23. The third kappa shape index (κ3) is 3.74. The van der Waals surface area contributed by atoms with E-state index in [2.05, 4.69) is 4.72 Å². The van der Waals surface area contributed by atoms with E-state index in [0.717, 1.165) is 12.1 Å². The van der Waals surface area contributed by atoms with Crippen molar-refractivity contribution < 1.29 is 21.6 Å². The Hall–Kier alpha value is -1.59. The summed E-state index contributed by atoms with van der Waals surface area (Å²) in [4.78, 5) is -0.876. The zero-order chi connectivity index (χ0) is 16.3. The lowest BCUT2D eigenvalue weighted by Crippen LogP contribution is -2.46. The van der Waals surface area contributed by atoms with Crippen LogP contribution in [0, 0.1) is 11.3 Å². The van der Waals surface area contributed by atoms with E-state index in [1.165, 1.54) is 6.07 Å². The number of rotatable bonds is 5. The molecule has 0 aliphatic rings. The second kappa shape index (κ2) is 6.03. The molecule has 8 heteroatoms. The van der Waals surface area contributed by atoms with E-state index in [4.69, 9.17) is 5.26 Å². The zero-order valence-corrected chi connectivity index (χ0v) is 12.3. The van der Waals surface area contributed by atoms with Gasteiger partial charge in [0.05, 0.1) is 16.5 Å². The maximum Gasteiger partial charge on any atom is 0.417 e. The SMILES string of the molecule is CCC(C#N)(CC)NS(=O)(=O)c1ccccc1C(F)(F)F. The Bertz CT molecular complexity index is 644. The molecule has 0 atom stereocenters. The minimum Gasteiger partial charge on any atom is -0.207 e. The lowest BCUT2D eigenvalue weighted by Gasteiger charge is -2.25. The van der Waals surface area contributed by atoms with Crippen molar-refractivity contribution in [2.45, 2.75) is 43.3 Å². The van der Waals surface area contributed by atoms with Gasteiger partial charge in [0.25, 0.3) is 0 Å². The lowest BCUT2D eigenvalue weighted by atomic mass is 9.97. The molecule has 0 amide bonds. The van der Waals surface area contributed by atoms with Crippen LogP contribution >= 0.6 is 0 Å². The van der Waals surface area contributed by atoms with Gasteiger partial charge in [0.2, 0.25) is 10.0 Å². The summed E-state index contributed by atoms with van der Waals surface area (Å²) >= 11 is 0. The van der Waals surface area contributed by atoms with E-state index in [0.29, 0.717) is 6.07 Å². The van der Waals surface area contributed by atoms with Crippen molar-refractivity contribution in [1.82, 2.24) is 4.72 Å². The van der Waals surface area contributed by atoms with Gasteiger partial charge in [-0.05, 0) is 25.0 Å². The van der Waals surface area contributed by atoms with Crippen molar-refractivity contribution >= 4 is 10.0 Å². The molecule has 1 aromatic carbocycles. The predicted molar refractivity (Wildman–Crippen MR) is 70.7 cm³/mol. The summed E-state index contributed by atoms with van der Waals surface area (Å²) in [6, 6.07) is 5.71. The summed E-state index contributed by atoms with van der Waals surface area (Å²) < 4.78 is 65.3. The van der Waals surface area contributed by atoms with Crippen molar-refractivity contribution in [1.29, 1.82) is 5.26 Å². The molecule has 0 saturated carbocycles. The zero-order valence-electron chi connectivity index (χ0n) is 11.5. The van der Waals surface area contributed by atoms with Crippen LogP contribution in [0.25, 0.3) is 0 Å². The van der Waals surface area contributed by atoms with E-state index >= 15 is 0 Å². The number of sulfonamides is 1. The molecule has 116 valence electrons. The third-order valence-corrected chi connectivity index (χ3v) is 4.83. The molecule has 1 aromatic rings. The first-order valence-electron chi connectivity index (χ1n) is 6.23. The number of nitrogens with zero attached hydrogens (tertiary/aromatic N) is 1. The topological polar surface area (TPSA) is 70.0 Å². The molecule has 0 bridgehead atoms. The Morgan fingerprint density at radius 2 is 1.71 bits per heavy atom. The summed E-state index contributed by atoms with van der Waals surface area (Å²) in [6.07, 6.45) is -4.50. The van der Waals surface area contributed by atoms with Crippen molar-refractivity contribution in [3.05, 3.63) is 29.8 Å². The standard InChI is InChI=1S/C13H15F3N2O2S/c1-3-12(4-2,9-17)18-21(19,20)11-8-6-5-7-10(11)13(14,15)16/h5-8,18H,3-4H2,1-2H3. The van der Waals surface area contributed by atoms with Crippen molar-refractivity contribution in [3.63, 3.8) is 0 Å². The molecular formula is C13H15F3N2O2S. The molecule has 21 heavy (non-hydrogen) atoms. The summed E-state index contributed by atoms with van der Waals surface area (Å²) in [5.41, 5.74) is -2.67. The highest BCUT2D eigenvalue weighted by Gasteiger charge is 2.39. The molecule has 0 aromatic heterocycles. The van der Waals surface area contributed by atoms with Gasteiger partial charge in [0, 0.05) is 0 Å². The van der Waals surface area contributed by atoms with E-state index in [1.54, 1.807) is 13.8 Å². The number of hydrogen-bond acceptors (Lipinski definition) is 3. The molecule has 1 N–H and O–H groups in total. The number of benzene rings is 1. The van der Waals surface area contributed by atoms with Gasteiger partial charge in [0.1, 0.15) is 5.54 Å². The van der Waals surface area contributed by atoms with Crippen molar-refractivity contribution in [2.24, 2.45) is 0 Å². The van der Waals surface area contributed by atoms with Gasteiger partial charge >= 0.3 is 6.18 Å². The van der Waals surface area contributed by atoms with E-state index in [9.17, 15) is 21.6 Å². The number of nitrogens with one attached hydrogen (secondary N) is 1. The maximum absolute atomic E-state index is 12.9. The van der Waals surface area contributed by atoms with Gasteiger partial charge in [-0.1, -0.05) is 26.0 Å². The summed E-state index contributed by atoms with van der Waals surface area (Å²) in [5.74, 6) is 0. The Morgan fingerprint density at radius 1 is 1.19 bits per heavy atom. The molecule has 0 fully saturated rings. The fourth-order valence-corrected chi connectivity index (χ4v) is 3.51. The van der Waals surface area contributed by atoms with Gasteiger partial charge < -0.3 is 0 Å².